The van der Waals surface area contributed by atoms with E-state index < -0.39 is 0 Å². The zero-order valence-electron chi connectivity index (χ0n) is 18.6. The highest BCUT2D eigenvalue weighted by Gasteiger charge is 2.24. The number of fused-ring (bicyclic) bond motifs is 3. The van der Waals surface area contributed by atoms with Crippen molar-refractivity contribution in [2.45, 2.75) is 13.3 Å². The maximum atomic E-state index is 6.28. The van der Waals surface area contributed by atoms with E-state index in [1.54, 1.807) is 12.3 Å². The second kappa shape index (κ2) is 10.0. The summed E-state index contributed by atoms with van der Waals surface area (Å²) in [6, 6.07) is 9.34. The van der Waals surface area contributed by atoms with E-state index in [0.717, 1.165) is 55.7 Å². The second-order valence-corrected chi connectivity index (χ2v) is 8.51. The van der Waals surface area contributed by atoms with Crippen molar-refractivity contribution in [2.75, 3.05) is 52.7 Å². The van der Waals surface area contributed by atoms with Crippen LogP contribution in [0.5, 0.6) is 28.7 Å². The van der Waals surface area contributed by atoms with Crippen molar-refractivity contribution in [3.8, 4) is 28.7 Å². The van der Waals surface area contributed by atoms with Gasteiger partial charge in [0.05, 0.1) is 30.7 Å². The van der Waals surface area contributed by atoms with Gasteiger partial charge in [-0.15, -0.1) is 0 Å². The van der Waals surface area contributed by atoms with E-state index in [1.165, 1.54) is 0 Å². The van der Waals surface area contributed by atoms with Gasteiger partial charge in [-0.05, 0) is 37.1 Å². The van der Waals surface area contributed by atoms with Crippen LogP contribution in [0.3, 0.4) is 0 Å². The number of morpholine rings is 1. The van der Waals surface area contributed by atoms with E-state index in [4.69, 9.17) is 35.3 Å². The molecule has 1 aromatic heterocycles. The summed E-state index contributed by atoms with van der Waals surface area (Å²) in [7, 11) is 0. The van der Waals surface area contributed by atoms with Crippen molar-refractivity contribution in [2.24, 2.45) is 0 Å². The fourth-order valence-electron chi connectivity index (χ4n) is 4.03. The third-order valence-corrected chi connectivity index (χ3v) is 6.20. The van der Waals surface area contributed by atoms with Gasteiger partial charge in [0.2, 0.25) is 5.75 Å². The molecule has 33 heavy (non-hydrogen) atoms. The summed E-state index contributed by atoms with van der Waals surface area (Å²) in [4.78, 5) is 6.94. The molecule has 0 N–H and O–H groups in total. The van der Waals surface area contributed by atoms with Gasteiger partial charge in [0.25, 0.3) is 0 Å². The Morgan fingerprint density at radius 2 is 1.82 bits per heavy atom. The van der Waals surface area contributed by atoms with E-state index in [9.17, 15) is 0 Å². The van der Waals surface area contributed by atoms with Crippen LogP contribution in [-0.2, 0) is 4.74 Å². The summed E-state index contributed by atoms with van der Waals surface area (Å²) in [5, 5.41) is 1.41. The number of aryl methyl sites for hydroxylation is 1. The second-order valence-electron chi connectivity index (χ2n) is 8.10. The Bertz CT molecular complexity index is 1130. The maximum Gasteiger partial charge on any atom is 0.204 e. The Morgan fingerprint density at radius 1 is 1.00 bits per heavy atom. The van der Waals surface area contributed by atoms with Gasteiger partial charge < -0.3 is 23.7 Å². The van der Waals surface area contributed by atoms with E-state index >= 15 is 0 Å². The number of nitrogens with zero attached hydrogens (tertiary/aromatic N) is 2. The lowest BCUT2D eigenvalue weighted by molar-refractivity contribution is 0.0357. The summed E-state index contributed by atoms with van der Waals surface area (Å²) >= 11 is 6.28. The molecule has 2 aromatic carbocycles. The van der Waals surface area contributed by atoms with Crippen molar-refractivity contribution >= 4 is 22.5 Å². The monoisotopic (exact) mass is 470 g/mol. The number of rotatable bonds is 7. The lowest BCUT2D eigenvalue weighted by Crippen LogP contribution is -2.37. The first-order chi connectivity index (χ1) is 16.2. The molecule has 2 aliphatic rings. The Hall–Kier alpha value is -2.74. The minimum atomic E-state index is 0.452. The lowest BCUT2D eigenvalue weighted by Gasteiger charge is -2.26. The van der Waals surface area contributed by atoms with Gasteiger partial charge in [0.1, 0.15) is 24.7 Å². The smallest absolute Gasteiger partial charge is 0.204 e. The Kier molecular flexibility index (Phi) is 6.71. The van der Waals surface area contributed by atoms with Crippen LogP contribution in [0.4, 0.5) is 0 Å². The van der Waals surface area contributed by atoms with Gasteiger partial charge in [0.15, 0.2) is 11.5 Å². The predicted molar refractivity (Wildman–Crippen MR) is 126 cm³/mol. The van der Waals surface area contributed by atoms with Crippen molar-refractivity contribution in [1.29, 1.82) is 0 Å². The van der Waals surface area contributed by atoms with Crippen molar-refractivity contribution in [3.63, 3.8) is 0 Å². The highest BCUT2D eigenvalue weighted by Crippen LogP contribution is 2.48. The molecule has 7 nitrogen and oxygen atoms in total. The molecule has 3 aromatic rings. The molecular formula is C25H27ClN2O5. The Labute approximate surface area is 198 Å². The fraction of sp³-hybridized carbons (Fsp3) is 0.400. The number of benzene rings is 2. The van der Waals surface area contributed by atoms with Gasteiger partial charge in [-0.2, -0.15) is 0 Å². The first kappa shape index (κ1) is 22.1. The number of ether oxygens (including phenoxy) is 5. The average molecular weight is 471 g/mol. The van der Waals surface area contributed by atoms with Gasteiger partial charge in [0, 0.05) is 36.9 Å². The molecule has 174 valence electrons. The quantitative estimate of drug-likeness (QED) is 0.457. The maximum absolute atomic E-state index is 6.28. The van der Waals surface area contributed by atoms with E-state index in [1.807, 2.05) is 31.2 Å². The molecule has 3 heterocycles. The van der Waals surface area contributed by atoms with E-state index in [0.29, 0.717) is 53.6 Å². The van der Waals surface area contributed by atoms with Gasteiger partial charge in [-0.1, -0.05) is 17.7 Å². The number of pyridine rings is 1. The molecule has 0 aliphatic carbocycles. The minimum absolute atomic E-state index is 0.452. The van der Waals surface area contributed by atoms with E-state index in [2.05, 4.69) is 9.88 Å². The Morgan fingerprint density at radius 3 is 2.64 bits per heavy atom. The molecule has 0 saturated carbocycles. The molecule has 0 radical (unpaired) electrons. The average Bonchev–Trinajstić information content (AvgIpc) is 2.85. The zero-order valence-corrected chi connectivity index (χ0v) is 19.4. The molecule has 0 spiro atoms. The molecule has 1 saturated heterocycles. The number of hydrogen-bond acceptors (Lipinski definition) is 7. The summed E-state index contributed by atoms with van der Waals surface area (Å²) in [6.45, 7) is 7.98. The fourth-order valence-corrected chi connectivity index (χ4v) is 4.20. The molecule has 0 amide bonds. The molecule has 1 fully saturated rings. The van der Waals surface area contributed by atoms with Crippen LogP contribution in [0.1, 0.15) is 12.0 Å². The standard InChI is InChI=1S/C25H27ClN2O5/c1-17-3-4-18(15-19(17)26)33-21-5-6-27-20-16-22(24-25(23(20)21)32-14-13-31-24)30-10-2-7-28-8-11-29-12-9-28/h3-6,15-16H,2,7-14H2,1H3. The summed E-state index contributed by atoms with van der Waals surface area (Å²) in [5.74, 6) is 3.11. The highest BCUT2D eigenvalue weighted by molar-refractivity contribution is 6.31. The number of halogens is 1. The molecule has 8 heteroatoms. The molecule has 0 atom stereocenters. The number of aromatic nitrogens is 1. The minimum Gasteiger partial charge on any atom is -0.489 e. The summed E-state index contributed by atoms with van der Waals surface area (Å²) in [6.07, 6.45) is 2.63. The third-order valence-electron chi connectivity index (χ3n) is 5.79. The Balaban J connectivity index is 1.39. The molecule has 5 rings (SSSR count). The van der Waals surface area contributed by atoms with Gasteiger partial charge in [-0.25, -0.2) is 0 Å². The lowest BCUT2D eigenvalue weighted by atomic mass is 10.1. The van der Waals surface area contributed by atoms with Crippen LogP contribution >= 0.6 is 11.6 Å². The van der Waals surface area contributed by atoms with Crippen LogP contribution in [0.15, 0.2) is 36.5 Å². The van der Waals surface area contributed by atoms with Gasteiger partial charge in [-0.3, -0.25) is 9.88 Å². The van der Waals surface area contributed by atoms with Crippen molar-refractivity contribution in [3.05, 3.63) is 47.1 Å². The SMILES string of the molecule is Cc1ccc(Oc2ccnc3cc(OCCCN4CCOCC4)c4c(c23)OCCO4)cc1Cl. The van der Waals surface area contributed by atoms with Crippen LogP contribution in [0.25, 0.3) is 10.9 Å². The summed E-state index contributed by atoms with van der Waals surface area (Å²) in [5.41, 5.74) is 1.71. The number of hydrogen-bond donors (Lipinski definition) is 0. The van der Waals surface area contributed by atoms with Crippen molar-refractivity contribution < 1.29 is 23.7 Å². The normalized spacial score (nSPS) is 16.1. The molecular weight excluding hydrogens is 444 g/mol. The zero-order chi connectivity index (χ0) is 22.6. The molecule has 2 aliphatic heterocycles. The van der Waals surface area contributed by atoms with Crippen LogP contribution < -0.4 is 18.9 Å². The van der Waals surface area contributed by atoms with E-state index in [-0.39, 0.29) is 0 Å². The summed E-state index contributed by atoms with van der Waals surface area (Å²) < 4.78 is 29.7. The van der Waals surface area contributed by atoms with Crippen molar-refractivity contribution in [1.82, 2.24) is 9.88 Å². The highest BCUT2D eigenvalue weighted by atomic mass is 35.5. The van der Waals surface area contributed by atoms with Crippen LogP contribution in [0, 0.1) is 6.92 Å². The largest absolute Gasteiger partial charge is 0.489 e. The first-order valence-corrected chi connectivity index (χ1v) is 11.6. The van der Waals surface area contributed by atoms with Crippen LogP contribution in [0.2, 0.25) is 5.02 Å². The molecule has 0 bridgehead atoms. The third kappa shape index (κ3) is 4.95. The molecule has 0 unspecified atom stereocenters. The first-order valence-electron chi connectivity index (χ1n) is 11.3. The van der Waals surface area contributed by atoms with Crippen LogP contribution in [-0.4, -0.2) is 62.6 Å². The predicted octanol–water partition coefficient (Wildman–Crippen LogP) is 4.86. The van der Waals surface area contributed by atoms with Gasteiger partial charge >= 0.3 is 0 Å². The topological polar surface area (TPSA) is 62.3 Å².